The van der Waals surface area contributed by atoms with Crippen molar-refractivity contribution < 1.29 is 14.5 Å². The number of morpholine rings is 1. The molecule has 0 N–H and O–H groups in total. The van der Waals surface area contributed by atoms with Crippen LogP contribution in [0.3, 0.4) is 0 Å². The molecule has 2 heterocycles. The molecule has 1 fully saturated rings. The van der Waals surface area contributed by atoms with E-state index in [1.54, 1.807) is 4.90 Å². The molecular formula is C11H16N4O4. The first-order valence-corrected chi connectivity index (χ1v) is 6.06. The monoisotopic (exact) mass is 268 g/mol. The fourth-order valence-electron chi connectivity index (χ4n) is 2.15. The van der Waals surface area contributed by atoms with E-state index < -0.39 is 4.92 Å². The third-order valence-corrected chi connectivity index (χ3v) is 2.90. The van der Waals surface area contributed by atoms with E-state index in [0.29, 0.717) is 13.1 Å². The van der Waals surface area contributed by atoms with Gasteiger partial charge in [-0.3, -0.25) is 19.6 Å². The van der Waals surface area contributed by atoms with Crippen LogP contribution in [-0.4, -0.2) is 50.8 Å². The lowest BCUT2D eigenvalue weighted by atomic mass is 10.2. The Morgan fingerprint density at radius 2 is 2.16 bits per heavy atom. The normalized spacial score (nSPS) is 23.4. The smallest absolute Gasteiger partial charge is 0.307 e. The maximum Gasteiger partial charge on any atom is 0.307 e. The second-order valence-corrected chi connectivity index (χ2v) is 4.71. The molecule has 1 aromatic heterocycles. The third kappa shape index (κ3) is 3.28. The van der Waals surface area contributed by atoms with Gasteiger partial charge in [-0.25, -0.2) is 0 Å². The highest BCUT2D eigenvalue weighted by molar-refractivity contribution is 5.76. The van der Waals surface area contributed by atoms with Crippen LogP contribution in [0.2, 0.25) is 0 Å². The summed E-state index contributed by atoms with van der Waals surface area (Å²) in [4.78, 5) is 23.8. The maximum absolute atomic E-state index is 12.1. The van der Waals surface area contributed by atoms with Crippen molar-refractivity contribution in [1.29, 1.82) is 0 Å². The Balaban J connectivity index is 1.98. The molecule has 0 radical (unpaired) electrons. The zero-order valence-electron chi connectivity index (χ0n) is 10.9. The van der Waals surface area contributed by atoms with Crippen LogP contribution in [0, 0.1) is 10.1 Å². The SMILES string of the molecule is C[C@H]1CN(C(=O)Cn2cc([N+](=O)[O-])cn2)C[C@H](C)O1. The van der Waals surface area contributed by atoms with Gasteiger partial charge >= 0.3 is 5.69 Å². The molecule has 0 saturated carbocycles. The summed E-state index contributed by atoms with van der Waals surface area (Å²) in [5.74, 6) is -0.111. The number of nitrogens with zero attached hydrogens (tertiary/aromatic N) is 4. The van der Waals surface area contributed by atoms with E-state index in [9.17, 15) is 14.9 Å². The molecule has 0 aromatic carbocycles. The molecule has 19 heavy (non-hydrogen) atoms. The van der Waals surface area contributed by atoms with Gasteiger partial charge in [0.25, 0.3) is 0 Å². The number of amides is 1. The van der Waals surface area contributed by atoms with Gasteiger partial charge in [-0.1, -0.05) is 0 Å². The van der Waals surface area contributed by atoms with Crippen LogP contribution in [0.25, 0.3) is 0 Å². The number of nitro groups is 1. The van der Waals surface area contributed by atoms with Crippen molar-refractivity contribution in [3.05, 3.63) is 22.5 Å². The molecule has 2 atom stereocenters. The lowest BCUT2D eigenvalue weighted by Gasteiger charge is -2.35. The largest absolute Gasteiger partial charge is 0.372 e. The van der Waals surface area contributed by atoms with Crippen LogP contribution in [-0.2, 0) is 16.1 Å². The van der Waals surface area contributed by atoms with Crippen LogP contribution in [0.4, 0.5) is 5.69 Å². The zero-order chi connectivity index (χ0) is 14.0. The number of hydrogen-bond acceptors (Lipinski definition) is 5. The van der Waals surface area contributed by atoms with E-state index in [4.69, 9.17) is 4.74 Å². The second-order valence-electron chi connectivity index (χ2n) is 4.71. The Kier molecular flexibility index (Phi) is 3.79. The molecule has 8 nitrogen and oxygen atoms in total. The van der Waals surface area contributed by atoms with Crippen molar-refractivity contribution in [3.63, 3.8) is 0 Å². The first-order valence-electron chi connectivity index (χ1n) is 6.06. The predicted octanol–water partition coefficient (Wildman–Crippen LogP) is 0.427. The molecule has 8 heteroatoms. The summed E-state index contributed by atoms with van der Waals surface area (Å²) in [5, 5.41) is 14.3. The first kappa shape index (κ1) is 13.5. The van der Waals surface area contributed by atoms with E-state index in [1.165, 1.54) is 10.9 Å². The topological polar surface area (TPSA) is 90.5 Å². The second kappa shape index (κ2) is 5.35. The minimum Gasteiger partial charge on any atom is -0.372 e. The van der Waals surface area contributed by atoms with Crippen molar-refractivity contribution in [1.82, 2.24) is 14.7 Å². The van der Waals surface area contributed by atoms with Gasteiger partial charge in [0.1, 0.15) is 18.9 Å². The van der Waals surface area contributed by atoms with Gasteiger partial charge in [-0.2, -0.15) is 5.10 Å². The molecule has 2 rings (SSSR count). The number of ether oxygens (including phenoxy) is 1. The van der Waals surface area contributed by atoms with Crippen molar-refractivity contribution in [2.24, 2.45) is 0 Å². The predicted molar refractivity (Wildman–Crippen MR) is 65.5 cm³/mol. The quantitative estimate of drug-likeness (QED) is 0.585. The summed E-state index contributed by atoms with van der Waals surface area (Å²) in [6, 6.07) is 0. The minimum atomic E-state index is -0.535. The lowest BCUT2D eigenvalue weighted by Crippen LogP contribution is -2.49. The van der Waals surface area contributed by atoms with E-state index >= 15 is 0 Å². The van der Waals surface area contributed by atoms with Crippen molar-refractivity contribution in [2.45, 2.75) is 32.6 Å². The third-order valence-electron chi connectivity index (χ3n) is 2.90. The molecule has 0 spiro atoms. The number of hydrogen-bond donors (Lipinski definition) is 0. The van der Waals surface area contributed by atoms with Crippen molar-refractivity contribution in [2.75, 3.05) is 13.1 Å². The van der Waals surface area contributed by atoms with Crippen LogP contribution < -0.4 is 0 Å². The Morgan fingerprint density at radius 1 is 1.53 bits per heavy atom. The fourth-order valence-corrected chi connectivity index (χ4v) is 2.15. The molecule has 104 valence electrons. The molecule has 1 saturated heterocycles. The van der Waals surface area contributed by atoms with E-state index in [-0.39, 0.29) is 30.3 Å². The Morgan fingerprint density at radius 3 is 2.68 bits per heavy atom. The Bertz CT molecular complexity index is 477. The molecular weight excluding hydrogens is 252 g/mol. The van der Waals surface area contributed by atoms with E-state index in [2.05, 4.69) is 5.10 Å². The zero-order valence-corrected chi connectivity index (χ0v) is 10.9. The molecule has 1 amide bonds. The summed E-state index contributed by atoms with van der Waals surface area (Å²) in [6.45, 7) is 4.90. The Hall–Kier alpha value is -1.96. The van der Waals surface area contributed by atoms with Crippen LogP contribution in [0.5, 0.6) is 0 Å². The van der Waals surface area contributed by atoms with Gasteiger partial charge in [0.05, 0.1) is 17.1 Å². The van der Waals surface area contributed by atoms with Gasteiger partial charge in [-0.15, -0.1) is 0 Å². The number of aromatic nitrogens is 2. The van der Waals surface area contributed by atoms with E-state index in [1.807, 2.05) is 13.8 Å². The number of rotatable bonds is 3. The minimum absolute atomic E-state index is 0.000317. The molecule has 0 aliphatic carbocycles. The molecule has 0 unspecified atom stereocenters. The van der Waals surface area contributed by atoms with Crippen molar-refractivity contribution >= 4 is 11.6 Å². The lowest BCUT2D eigenvalue weighted by molar-refractivity contribution is -0.385. The first-order chi connectivity index (χ1) is 8.95. The van der Waals surface area contributed by atoms with Gasteiger partial charge < -0.3 is 9.64 Å². The fraction of sp³-hybridized carbons (Fsp3) is 0.636. The van der Waals surface area contributed by atoms with Gasteiger partial charge in [0.2, 0.25) is 5.91 Å². The van der Waals surface area contributed by atoms with Crippen LogP contribution >= 0.6 is 0 Å². The molecule has 1 aliphatic rings. The summed E-state index contributed by atoms with van der Waals surface area (Å²) in [6.07, 6.45) is 2.39. The number of carbonyl (C=O) groups excluding carboxylic acids is 1. The van der Waals surface area contributed by atoms with E-state index in [0.717, 1.165) is 6.20 Å². The van der Waals surface area contributed by atoms with Gasteiger partial charge in [0, 0.05) is 13.1 Å². The standard InChI is InChI=1S/C11H16N4O4/c1-8-4-13(5-9(2)19-8)11(16)7-14-6-10(3-12-14)15(17)18/h3,6,8-9H,4-5,7H2,1-2H3/t8-,9-/m0/s1. The van der Waals surface area contributed by atoms with Crippen molar-refractivity contribution in [3.8, 4) is 0 Å². The van der Waals surface area contributed by atoms with Gasteiger partial charge in [-0.05, 0) is 13.8 Å². The summed E-state index contributed by atoms with van der Waals surface area (Å²) < 4.78 is 6.83. The average Bonchev–Trinajstić information content (AvgIpc) is 2.76. The summed E-state index contributed by atoms with van der Waals surface area (Å²) >= 11 is 0. The van der Waals surface area contributed by atoms with Gasteiger partial charge in [0.15, 0.2) is 0 Å². The highest BCUT2D eigenvalue weighted by Gasteiger charge is 2.26. The molecule has 0 bridgehead atoms. The summed E-state index contributed by atoms with van der Waals surface area (Å²) in [5.41, 5.74) is -0.114. The maximum atomic E-state index is 12.1. The van der Waals surface area contributed by atoms with Crippen LogP contribution in [0.15, 0.2) is 12.4 Å². The highest BCUT2D eigenvalue weighted by Crippen LogP contribution is 2.12. The number of carbonyl (C=O) groups is 1. The summed E-state index contributed by atoms with van der Waals surface area (Å²) in [7, 11) is 0. The highest BCUT2D eigenvalue weighted by atomic mass is 16.6. The average molecular weight is 268 g/mol. The Labute approximate surface area is 110 Å². The molecule has 1 aromatic rings. The molecule has 1 aliphatic heterocycles. The van der Waals surface area contributed by atoms with Crippen LogP contribution in [0.1, 0.15) is 13.8 Å².